The first-order valence-electron chi connectivity index (χ1n) is 6.75. The fourth-order valence-corrected chi connectivity index (χ4v) is 3.86. The molecule has 4 unspecified atom stereocenters. The molecule has 0 aromatic carbocycles. The summed E-state index contributed by atoms with van der Waals surface area (Å²) in [5.74, 6) is -0.443. The molecule has 0 N–H and O–H groups in total. The van der Waals surface area contributed by atoms with Crippen LogP contribution in [0, 0.1) is 11.8 Å². The van der Waals surface area contributed by atoms with Crippen LogP contribution < -0.4 is 0 Å². The summed E-state index contributed by atoms with van der Waals surface area (Å²) in [7, 11) is 1.40. The Kier molecular flexibility index (Phi) is 4.65. The quantitative estimate of drug-likeness (QED) is 0.658. The van der Waals surface area contributed by atoms with E-state index in [1.165, 1.54) is 9.49 Å². The Hall–Kier alpha value is -0.476. The number of hydrogen-bond donors (Lipinski definition) is 0. The van der Waals surface area contributed by atoms with E-state index in [1.807, 2.05) is 24.3 Å². The second kappa shape index (κ2) is 6.33. The fourth-order valence-electron chi connectivity index (χ4n) is 2.83. The molecule has 1 aliphatic heterocycles. The van der Waals surface area contributed by atoms with Crippen LogP contribution in [0.5, 0.6) is 0 Å². The van der Waals surface area contributed by atoms with Gasteiger partial charge in [-0.05, 0) is 0 Å². The molecule has 21 heavy (non-hydrogen) atoms. The Morgan fingerprint density at radius 3 is 2.76 bits per heavy atom. The summed E-state index contributed by atoms with van der Waals surface area (Å²) in [5, 5.41) is 0.619. The van der Waals surface area contributed by atoms with Crippen molar-refractivity contribution in [2.75, 3.05) is 7.11 Å². The molecule has 3 nitrogen and oxygen atoms in total. The predicted octanol–water partition coefficient (Wildman–Crippen LogP) is 2.78. The van der Waals surface area contributed by atoms with Crippen molar-refractivity contribution in [1.82, 2.24) is 0 Å². The van der Waals surface area contributed by atoms with Crippen LogP contribution in [0.15, 0.2) is 55.5 Å². The van der Waals surface area contributed by atoms with Crippen LogP contribution in [0.1, 0.15) is 0 Å². The van der Waals surface area contributed by atoms with Gasteiger partial charge in [0, 0.05) is 0 Å². The molecule has 2 aliphatic carbocycles. The number of rotatable bonds is 1. The molecule has 0 aromatic rings. The van der Waals surface area contributed by atoms with Crippen molar-refractivity contribution < 1.29 is 45.2 Å². The van der Waals surface area contributed by atoms with E-state index >= 15 is 0 Å². The molecule has 0 saturated carbocycles. The number of halogens is 1. The molecule has 0 radical (unpaired) electrons. The summed E-state index contributed by atoms with van der Waals surface area (Å²) in [6, 6.07) is 0. The van der Waals surface area contributed by atoms with Crippen LogP contribution >= 0.6 is 11.6 Å². The van der Waals surface area contributed by atoms with Gasteiger partial charge in [-0.25, -0.2) is 0 Å². The summed E-state index contributed by atoms with van der Waals surface area (Å²) in [6.45, 7) is 0. The van der Waals surface area contributed by atoms with E-state index < -0.39 is 0 Å². The molecule has 0 saturated heterocycles. The van der Waals surface area contributed by atoms with Crippen LogP contribution in [0.3, 0.4) is 0 Å². The Bertz CT molecular complexity index is 615. The number of allylic oxidation sites excluding steroid dienone is 4. The second-order valence-corrected chi connectivity index (χ2v) is 7.29. The predicted molar refractivity (Wildman–Crippen MR) is 76.0 cm³/mol. The number of fused-ring (bicyclic) bond motifs is 2. The van der Waals surface area contributed by atoms with Crippen molar-refractivity contribution in [2.24, 2.45) is 11.8 Å². The van der Waals surface area contributed by atoms with E-state index in [0.29, 0.717) is 10.6 Å². The second-order valence-electron chi connectivity index (χ2n) is 5.22. The van der Waals surface area contributed by atoms with E-state index in [2.05, 4.69) is 18.2 Å². The first-order chi connectivity index (χ1) is 10.1. The van der Waals surface area contributed by atoms with Crippen molar-refractivity contribution in [3.63, 3.8) is 0 Å². The summed E-state index contributed by atoms with van der Waals surface area (Å²) >= 11 is 7.14. The van der Waals surface area contributed by atoms with Crippen molar-refractivity contribution in [3.05, 3.63) is 55.5 Å². The standard InChI is InChI=1S/C16H14ClO3.Y/c1-19-16(18)13-8-10-4-2-3-5-14(10)20-15-7-6-11(17)9-12(13)15;/h3-10,12,14-15H,1H3;. The van der Waals surface area contributed by atoms with E-state index in [4.69, 9.17) is 21.1 Å². The van der Waals surface area contributed by atoms with Gasteiger partial charge in [0.1, 0.15) is 0 Å². The molecule has 4 atom stereocenters. The van der Waals surface area contributed by atoms with Gasteiger partial charge in [0.15, 0.2) is 0 Å². The van der Waals surface area contributed by atoms with Crippen LogP contribution in [-0.2, 0) is 45.2 Å². The first-order valence-corrected chi connectivity index (χ1v) is 8.54. The molecule has 3 aliphatic rings. The van der Waals surface area contributed by atoms with Gasteiger partial charge < -0.3 is 0 Å². The molecule has 0 spiro atoms. The van der Waals surface area contributed by atoms with E-state index in [-0.39, 0.29) is 30.0 Å². The number of ether oxygens (including phenoxy) is 2. The Labute approximate surface area is 148 Å². The first kappa shape index (κ1) is 15.4. The summed E-state index contributed by atoms with van der Waals surface area (Å²) in [4.78, 5) is 12.2. The van der Waals surface area contributed by atoms with Gasteiger partial charge in [0.05, 0.1) is 0 Å². The van der Waals surface area contributed by atoms with Gasteiger partial charge in [-0.15, -0.1) is 0 Å². The maximum atomic E-state index is 12.2. The monoisotopic (exact) mass is 378 g/mol. The molecule has 3 rings (SSSR count). The Balaban J connectivity index is 2.05. The summed E-state index contributed by atoms with van der Waals surface area (Å²) in [5.41, 5.74) is 0.623. The number of methoxy groups -OCH3 is 1. The summed E-state index contributed by atoms with van der Waals surface area (Å²) in [6.07, 6.45) is 13.7. The minimum atomic E-state index is -0.317. The van der Waals surface area contributed by atoms with Gasteiger partial charge in [-0.3, -0.25) is 0 Å². The SMILES string of the molecule is COC(=O)C1=CC2C=[C]([Y])C=CC2OC2C=CC(Cl)=CC12. The number of esters is 1. The number of hydrogen-bond acceptors (Lipinski definition) is 3. The zero-order chi connectivity index (χ0) is 15.0. The van der Waals surface area contributed by atoms with Crippen LogP contribution in [0.4, 0.5) is 0 Å². The van der Waals surface area contributed by atoms with Crippen molar-refractivity contribution >= 4 is 17.6 Å². The van der Waals surface area contributed by atoms with Gasteiger partial charge in [0.2, 0.25) is 0 Å². The number of carbonyl (C=O) groups is 1. The topological polar surface area (TPSA) is 35.5 Å². The fraction of sp³-hybridized carbons (Fsp3) is 0.312. The molecular formula is C16H14ClO3Y. The third kappa shape index (κ3) is 3.16. The third-order valence-corrected chi connectivity index (χ3v) is 5.05. The molecule has 1 heterocycles. The Morgan fingerprint density at radius 1 is 1.24 bits per heavy atom. The van der Waals surface area contributed by atoms with Crippen molar-refractivity contribution in [1.29, 1.82) is 0 Å². The summed E-state index contributed by atoms with van der Waals surface area (Å²) < 4.78 is 12.4. The molecule has 106 valence electrons. The molecule has 5 heteroatoms. The number of carbonyl (C=O) groups excluding carboxylic acids is 1. The zero-order valence-electron chi connectivity index (χ0n) is 11.5. The molecular weight excluding hydrogens is 365 g/mol. The molecule has 0 amide bonds. The van der Waals surface area contributed by atoms with Gasteiger partial charge in [-0.2, -0.15) is 0 Å². The van der Waals surface area contributed by atoms with Gasteiger partial charge >= 0.3 is 149 Å². The van der Waals surface area contributed by atoms with E-state index in [1.54, 1.807) is 0 Å². The van der Waals surface area contributed by atoms with E-state index in [0.717, 1.165) is 31.0 Å². The molecule has 0 fully saturated rings. The maximum absolute atomic E-state index is 12.2. The normalized spacial score (nSPS) is 33.9. The van der Waals surface area contributed by atoms with Crippen LogP contribution in [0.2, 0.25) is 0 Å². The molecule has 0 bridgehead atoms. The van der Waals surface area contributed by atoms with Crippen molar-refractivity contribution in [2.45, 2.75) is 12.2 Å². The average Bonchev–Trinajstić information content (AvgIpc) is 2.63. The Morgan fingerprint density at radius 2 is 2.00 bits per heavy atom. The molecule has 0 aromatic heterocycles. The average molecular weight is 379 g/mol. The minimum absolute atomic E-state index is 0.0502. The third-order valence-electron chi connectivity index (χ3n) is 3.85. The van der Waals surface area contributed by atoms with Crippen LogP contribution in [-0.4, -0.2) is 25.3 Å². The van der Waals surface area contributed by atoms with Crippen LogP contribution in [0.25, 0.3) is 0 Å². The van der Waals surface area contributed by atoms with Gasteiger partial charge in [-0.1, -0.05) is 0 Å². The zero-order valence-corrected chi connectivity index (χ0v) is 15.1. The van der Waals surface area contributed by atoms with Crippen molar-refractivity contribution in [3.8, 4) is 0 Å². The van der Waals surface area contributed by atoms with Gasteiger partial charge in [0.25, 0.3) is 0 Å². The van der Waals surface area contributed by atoms with E-state index in [9.17, 15) is 4.79 Å².